The number of aliphatic carboxylic acids is 1. The van der Waals surface area contributed by atoms with Gasteiger partial charge in [-0.05, 0) is 38.0 Å². The number of fused-ring (bicyclic) bond motifs is 1. The molecule has 1 heterocycles. The van der Waals surface area contributed by atoms with E-state index in [0.29, 0.717) is 0 Å². The van der Waals surface area contributed by atoms with E-state index in [2.05, 4.69) is 16.9 Å². The minimum atomic E-state index is -0.724. The van der Waals surface area contributed by atoms with Crippen molar-refractivity contribution in [1.82, 2.24) is 4.98 Å². The second kappa shape index (κ2) is 4.53. The van der Waals surface area contributed by atoms with E-state index in [1.165, 1.54) is 17.7 Å². The van der Waals surface area contributed by atoms with Crippen LogP contribution in [-0.4, -0.2) is 29.7 Å². The summed E-state index contributed by atoms with van der Waals surface area (Å²) >= 11 is 1.69. The van der Waals surface area contributed by atoms with E-state index < -0.39 is 5.97 Å². The zero-order valence-corrected chi connectivity index (χ0v) is 11.4. The molecule has 1 aromatic heterocycles. The van der Waals surface area contributed by atoms with Gasteiger partial charge < -0.3 is 10.0 Å². The molecule has 1 aromatic rings. The quantitative estimate of drug-likeness (QED) is 0.909. The van der Waals surface area contributed by atoms with Gasteiger partial charge in [-0.3, -0.25) is 4.79 Å². The second-order valence-electron chi connectivity index (χ2n) is 5.41. The monoisotopic (exact) mass is 266 g/mol. The lowest BCUT2D eigenvalue weighted by atomic mass is 9.91. The van der Waals surface area contributed by atoms with Gasteiger partial charge in [0.25, 0.3) is 0 Å². The molecule has 98 valence electrons. The van der Waals surface area contributed by atoms with Crippen molar-refractivity contribution in [1.29, 1.82) is 0 Å². The Labute approximate surface area is 111 Å². The van der Waals surface area contributed by atoms with E-state index >= 15 is 0 Å². The molecule has 1 saturated carbocycles. The highest BCUT2D eigenvalue weighted by Gasteiger charge is 2.31. The van der Waals surface area contributed by atoms with Gasteiger partial charge in [-0.2, -0.15) is 0 Å². The van der Waals surface area contributed by atoms with Gasteiger partial charge in [0.15, 0.2) is 5.13 Å². The van der Waals surface area contributed by atoms with Gasteiger partial charge in [-0.1, -0.05) is 0 Å². The maximum absolute atomic E-state index is 11.2. The van der Waals surface area contributed by atoms with Crippen LogP contribution in [0.5, 0.6) is 0 Å². The number of carbonyl (C=O) groups is 1. The van der Waals surface area contributed by atoms with Gasteiger partial charge in [-0.25, -0.2) is 4.98 Å². The first-order valence-corrected chi connectivity index (χ1v) is 7.40. The summed E-state index contributed by atoms with van der Waals surface area (Å²) in [7, 11) is 2.07. The molecule has 2 aliphatic carbocycles. The molecule has 0 saturated heterocycles. The zero-order chi connectivity index (χ0) is 12.7. The fourth-order valence-corrected chi connectivity index (χ4v) is 3.71. The summed E-state index contributed by atoms with van der Waals surface area (Å²) in [5, 5.41) is 10.2. The van der Waals surface area contributed by atoms with Crippen molar-refractivity contribution in [2.75, 3.05) is 18.5 Å². The number of aromatic nitrogens is 1. The zero-order valence-electron chi connectivity index (χ0n) is 10.6. The van der Waals surface area contributed by atoms with Crippen molar-refractivity contribution < 1.29 is 9.90 Å². The van der Waals surface area contributed by atoms with E-state index in [0.717, 1.165) is 42.6 Å². The average molecular weight is 266 g/mol. The Balaban J connectivity index is 1.83. The van der Waals surface area contributed by atoms with Gasteiger partial charge in [-0.15, -0.1) is 11.3 Å². The van der Waals surface area contributed by atoms with E-state index in [-0.39, 0.29) is 5.92 Å². The molecule has 2 aliphatic rings. The van der Waals surface area contributed by atoms with Crippen molar-refractivity contribution in [2.24, 2.45) is 5.92 Å². The number of rotatable bonds is 4. The number of hydrogen-bond donors (Lipinski definition) is 1. The molecule has 18 heavy (non-hydrogen) atoms. The van der Waals surface area contributed by atoms with Crippen LogP contribution >= 0.6 is 11.3 Å². The van der Waals surface area contributed by atoms with Gasteiger partial charge in [0.1, 0.15) is 5.92 Å². The maximum atomic E-state index is 11.2. The Hall–Kier alpha value is -1.10. The van der Waals surface area contributed by atoms with Crippen LogP contribution in [0.3, 0.4) is 0 Å². The van der Waals surface area contributed by atoms with Crippen LogP contribution in [0.2, 0.25) is 0 Å². The van der Waals surface area contributed by atoms with Crippen LogP contribution in [0, 0.1) is 5.92 Å². The molecule has 0 spiro atoms. The Morgan fingerprint density at radius 3 is 2.94 bits per heavy atom. The Bertz CT molecular complexity index is 468. The summed E-state index contributed by atoms with van der Waals surface area (Å²) < 4.78 is 0. The number of nitrogens with zero attached hydrogens (tertiary/aromatic N) is 2. The molecule has 4 nitrogen and oxygen atoms in total. The SMILES string of the molecule is CN(CC1CC1)c1nc2c(s1)CCCC2C(=O)O. The second-order valence-corrected chi connectivity index (χ2v) is 6.47. The van der Waals surface area contributed by atoms with Gasteiger partial charge in [0.2, 0.25) is 0 Å². The van der Waals surface area contributed by atoms with Crippen molar-refractivity contribution in [3.63, 3.8) is 0 Å². The summed E-state index contributed by atoms with van der Waals surface area (Å²) in [5.74, 6) is -0.281. The predicted molar refractivity (Wildman–Crippen MR) is 71.4 cm³/mol. The third-order valence-electron chi connectivity index (χ3n) is 3.80. The lowest BCUT2D eigenvalue weighted by Crippen LogP contribution is -2.20. The van der Waals surface area contributed by atoms with Crippen molar-refractivity contribution in [3.8, 4) is 0 Å². The molecule has 0 aliphatic heterocycles. The van der Waals surface area contributed by atoms with Gasteiger partial charge >= 0.3 is 5.97 Å². The molecular formula is C13H18N2O2S. The molecule has 5 heteroatoms. The largest absolute Gasteiger partial charge is 0.481 e. The minimum absolute atomic E-state index is 0.381. The van der Waals surface area contributed by atoms with Crippen molar-refractivity contribution in [3.05, 3.63) is 10.6 Å². The van der Waals surface area contributed by atoms with Crippen LogP contribution in [0.1, 0.15) is 42.2 Å². The number of anilines is 1. The van der Waals surface area contributed by atoms with Crippen LogP contribution < -0.4 is 4.90 Å². The van der Waals surface area contributed by atoms with E-state index in [1.807, 2.05) is 0 Å². The molecule has 0 aromatic carbocycles. The smallest absolute Gasteiger partial charge is 0.312 e. The fraction of sp³-hybridized carbons (Fsp3) is 0.692. The molecule has 1 N–H and O–H groups in total. The first-order chi connectivity index (χ1) is 8.65. The lowest BCUT2D eigenvalue weighted by Gasteiger charge is -2.16. The number of hydrogen-bond acceptors (Lipinski definition) is 4. The Kier molecular flexibility index (Phi) is 3.01. The predicted octanol–water partition coefficient (Wildman–Crippen LogP) is 2.49. The number of carboxylic acids is 1. The molecule has 3 rings (SSSR count). The summed E-state index contributed by atoms with van der Waals surface area (Å²) in [4.78, 5) is 19.2. The van der Waals surface area contributed by atoms with E-state index in [9.17, 15) is 9.90 Å². The van der Waals surface area contributed by atoms with Crippen molar-refractivity contribution >= 4 is 22.4 Å². The highest BCUT2D eigenvalue weighted by Crippen LogP contribution is 2.39. The number of carboxylic acid groups (broad SMARTS) is 1. The summed E-state index contributed by atoms with van der Waals surface area (Å²) in [6.07, 6.45) is 5.35. The molecule has 1 fully saturated rings. The highest BCUT2D eigenvalue weighted by atomic mass is 32.1. The van der Waals surface area contributed by atoms with Gasteiger partial charge in [0.05, 0.1) is 5.69 Å². The maximum Gasteiger partial charge on any atom is 0.312 e. The lowest BCUT2D eigenvalue weighted by molar-refractivity contribution is -0.139. The normalized spacial score (nSPS) is 22.6. The fourth-order valence-electron chi connectivity index (χ4n) is 2.58. The minimum Gasteiger partial charge on any atom is -0.481 e. The third-order valence-corrected chi connectivity index (χ3v) is 5.04. The van der Waals surface area contributed by atoms with Gasteiger partial charge in [0, 0.05) is 18.5 Å². The van der Waals surface area contributed by atoms with Crippen LogP contribution in [0.15, 0.2) is 0 Å². The number of thiazole rings is 1. The molecule has 0 radical (unpaired) electrons. The molecule has 1 atom stereocenters. The van der Waals surface area contributed by atoms with Crippen LogP contribution in [0.4, 0.5) is 5.13 Å². The van der Waals surface area contributed by atoms with E-state index in [4.69, 9.17) is 0 Å². The Morgan fingerprint density at radius 2 is 2.28 bits per heavy atom. The summed E-state index contributed by atoms with van der Waals surface area (Å²) in [5.41, 5.74) is 0.830. The van der Waals surface area contributed by atoms with Crippen LogP contribution in [0.25, 0.3) is 0 Å². The highest BCUT2D eigenvalue weighted by molar-refractivity contribution is 7.15. The first-order valence-electron chi connectivity index (χ1n) is 6.58. The van der Waals surface area contributed by atoms with Crippen LogP contribution in [-0.2, 0) is 11.2 Å². The molecular weight excluding hydrogens is 248 g/mol. The Morgan fingerprint density at radius 1 is 1.50 bits per heavy atom. The van der Waals surface area contributed by atoms with E-state index in [1.54, 1.807) is 11.3 Å². The number of aryl methyl sites for hydroxylation is 1. The third kappa shape index (κ3) is 2.23. The molecule has 0 bridgehead atoms. The average Bonchev–Trinajstić information content (AvgIpc) is 3.04. The summed E-state index contributed by atoms with van der Waals surface area (Å²) in [6, 6.07) is 0. The standard InChI is InChI=1S/C13H18N2O2S/c1-15(7-8-5-6-8)13-14-11-9(12(16)17)3-2-4-10(11)18-13/h8-9H,2-7H2,1H3,(H,16,17). The molecule has 1 unspecified atom stereocenters. The van der Waals surface area contributed by atoms with Crippen molar-refractivity contribution in [2.45, 2.75) is 38.0 Å². The topological polar surface area (TPSA) is 53.4 Å². The molecule has 0 amide bonds. The first kappa shape index (κ1) is 12.0. The summed E-state index contributed by atoms with van der Waals surface area (Å²) in [6.45, 7) is 1.06.